The Labute approximate surface area is 216 Å². The summed E-state index contributed by atoms with van der Waals surface area (Å²) in [5, 5.41) is 44.5. The maximum absolute atomic E-state index is 13.9. The van der Waals surface area contributed by atoms with E-state index in [4.69, 9.17) is 5.73 Å². The Morgan fingerprint density at radius 3 is 2.38 bits per heavy atom. The molecule has 3 aliphatic rings. The van der Waals surface area contributed by atoms with Crippen molar-refractivity contribution < 1.29 is 34.8 Å². The Morgan fingerprint density at radius 2 is 1.81 bits per heavy atom. The number of hydrogen-bond acceptors (Lipinski definition) is 8. The number of phenols is 1. The van der Waals surface area contributed by atoms with E-state index in [0.717, 1.165) is 36.8 Å². The Morgan fingerprint density at radius 1 is 1.16 bits per heavy atom. The van der Waals surface area contributed by atoms with Crippen LogP contribution >= 0.6 is 0 Å². The number of likely N-dealkylation sites (N-methyl/N-ethyl adjacent to an activating group) is 1. The number of nitrogens with two attached hydrogens (primary N) is 1. The van der Waals surface area contributed by atoms with Crippen molar-refractivity contribution in [3.05, 3.63) is 45.7 Å². The number of aliphatic hydroxyl groups is 3. The number of ketones is 2. The van der Waals surface area contributed by atoms with E-state index in [2.05, 4.69) is 13.8 Å². The largest absolute Gasteiger partial charge is 0.508 e. The van der Waals surface area contributed by atoms with Crippen molar-refractivity contribution in [2.75, 3.05) is 14.1 Å². The van der Waals surface area contributed by atoms with Gasteiger partial charge in [0.1, 0.15) is 22.8 Å². The lowest BCUT2D eigenvalue weighted by molar-refractivity contribution is -0.153. The van der Waals surface area contributed by atoms with Gasteiger partial charge in [0.2, 0.25) is 5.78 Å². The van der Waals surface area contributed by atoms with E-state index >= 15 is 0 Å². The average Bonchev–Trinajstić information content (AvgIpc) is 2.82. The van der Waals surface area contributed by atoms with Gasteiger partial charge in [0.25, 0.3) is 5.91 Å². The highest BCUT2D eigenvalue weighted by Gasteiger charge is 2.64. The number of fused-ring (bicyclic) bond motifs is 3. The molecule has 1 aromatic carbocycles. The number of carbonyl (C=O) groups is 3. The molecule has 1 amide bonds. The van der Waals surface area contributed by atoms with E-state index in [1.165, 1.54) is 11.0 Å². The summed E-state index contributed by atoms with van der Waals surface area (Å²) in [6.07, 6.45) is 4.20. The highest BCUT2D eigenvalue weighted by Crippen LogP contribution is 2.53. The lowest BCUT2D eigenvalue weighted by Gasteiger charge is -2.50. The molecule has 3 aliphatic carbocycles. The van der Waals surface area contributed by atoms with Gasteiger partial charge in [-0.3, -0.25) is 19.3 Å². The van der Waals surface area contributed by atoms with Gasteiger partial charge in [-0.15, -0.1) is 0 Å². The predicted molar refractivity (Wildman–Crippen MR) is 137 cm³/mol. The van der Waals surface area contributed by atoms with Gasteiger partial charge in [0, 0.05) is 11.5 Å². The van der Waals surface area contributed by atoms with Gasteiger partial charge < -0.3 is 26.2 Å². The fraction of sp³-hybridized carbons (Fsp3) is 0.536. The summed E-state index contributed by atoms with van der Waals surface area (Å²) in [5.74, 6) is -5.79. The van der Waals surface area contributed by atoms with Crippen LogP contribution in [0.5, 0.6) is 5.75 Å². The molecule has 4 rings (SSSR count). The second kappa shape index (κ2) is 9.61. The molecule has 9 nitrogen and oxygen atoms in total. The van der Waals surface area contributed by atoms with Gasteiger partial charge in [-0.2, -0.15) is 0 Å². The lowest BCUT2D eigenvalue weighted by Crippen LogP contribution is -2.65. The van der Waals surface area contributed by atoms with E-state index in [1.54, 1.807) is 14.1 Å². The molecule has 6 N–H and O–H groups in total. The second-order valence-corrected chi connectivity index (χ2v) is 10.8. The molecule has 0 aromatic heterocycles. The fourth-order valence-corrected chi connectivity index (χ4v) is 6.60. The molecule has 0 aliphatic heterocycles. The first-order valence-corrected chi connectivity index (χ1v) is 12.9. The van der Waals surface area contributed by atoms with E-state index in [0.29, 0.717) is 12.3 Å². The summed E-state index contributed by atoms with van der Waals surface area (Å²) in [4.78, 5) is 40.6. The van der Waals surface area contributed by atoms with Gasteiger partial charge in [-0.1, -0.05) is 32.8 Å². The number of primary amides is 1. The summed E-state index contributed by atoms with van der Waals surface area (Å²) in [6.45, 7) is 4.30. The number of phenolic OH excluding ortho intramolecular Hbond substituents is 1. The van der Waals surface area contributed by atoms with E-state index in [-0.39, 0.29) is 23.3 Å². The van der Waals surface area contributed by atoms with Crippen LogP contribution in [0, 0.1) is 17.8 Å². The van der Waals surface area contributed by atoms with Crippen LogP contribution in [-0.4, -0.2) is 68.5 Å². The molecule has 0 saturated heterocycles. The summed E-state index contributed by atoms with van der Waals surface area (Å²) >= 11 is 0. The summed E-state index contributed by atoms with van der Waals surface area (Å²) in [7, 11) is 3.17. The normalized spacial score (nSPS) is 27.5. The number of Topliss-reactive ketones (excluding diaryl/α,β-unsaturated/α-hetero) is 2. The predicted octanol–water partition coefficient (Wildman–Crippen LogP) is 2.33. The van der Waals surface area contributed by atoms with Crippen molar-refractivity contribution in [2.45, 2.75) is 64.0 Å². The van der Waals surface area contributed by atoms with Gasteiger partial charge >= 0.3 is 0 Å². The maximum Gasteiger partial charge on any atom is 0.255 e. The minimum absolute atomic E-state index is 0.0907. The Balaban J connectivity index is 1.87. The summed E-state index contributed by atoms with van der Waals surface area (Å²) in [5.41, 5.74) is 3.67. The third kappa shape index (κ3) is 3.95. The van der Waals surface area contributed by atoms with Crippen molar-refractivity contribution >= 4 is 23.2 Å². The zero-order valence-corrected chi connectivity index (χ0v) is 21.7. The average molecular weight is 513 g/mol. The lowest BCUT2D eigenvalue weighted by atomic mass is 9.57. The van der Waals surface area contributed by atoms with Crippen LogP contribution in [0.4, 0.5) is 0 Å². The van der Waals surface area contributed by atoms with Crippen LogP contribution in [0.1, 0.15) is 56.2 Å². The first kappa shape index (κ1) is 26.9. The number of hydrogen-bond donors (Lipinski definition) is 5. The fourth-order valence-electron chi connectivity index (χ4n) is 6.60. The molecule has 4 atom stereocenters. The SMILES string of the molecule is CCC(CC)CCc1ccc(O)c2c1C[C@H]1C[C@H]3C(N(C)C)C(=O)C(C(N)=O)=C(O)[C@@]3(O)C(=O)C1=C2O. The maximum atomic E-state index is 13.9. The number of aryl methyl sites for hydroxylation is 1. The second-order valence-electron chi connectivity index (χ2n) is 10.8. The number of rotatable bonds is 7. The number of carbonyl (C=O) groups excluding carboxylic acids is 3. The Hall–Kier alpha value is -3.17. The van der Waals surface area contributed by atoms with Gasteiger partial charge in [0.15, 0.2) is 11.4 Å². The van der Waals surface area contributed by atoms with Crippen molar-refractivity contribution in [3.63, 3.8) is 0 Å². The number of amides is 1. The van der Waals surface area contributed by atoms with Crippen LogP contribution in [0.15, 0.2) is 29.0 Å². The Bertz CT molecular complexity index is 1230. The number of nitrogens with zero attached hydrogens (tertiary/aromatic N) is 1. The molecule has 1 unspecified atom stereocenters. The van der Waals surface area contributed by atoms with Crippen LogP contribution in [0.25, 0.3) is 5.76 Å². The van der Waals surface area contributed by atoms with Crippen molar-refractivity contribution in [1.82, 2.24) is 4.90 Å². The molecule has 0 spiro atoms. The molecular weight excluding hydrogens is 476 g/mol. The summed E-state index contributed by atoms with van der Waals surface area (Å²) < 4.78 is 0. The van der Waals surface area contributed by atoms with Crippen LogP contribution in [-0.2, 0) is 27.2 Å². The zero-order valence-electron chi connectivity index (χ0n) is 21.7. The standard InChI is InChI=1S/C28H36N2O7/c1-5-13(6-2)7-8-14-9-10-18(31)20-16(14)11-15-12-17-22(30(3)4)24(33)21(27(29)36)26(35)28(17,37)25(34)19(15)23(20)32/h9-10,13,15,17,22,31-32,35,37H,5-8,11-12H2,1-4H3,(H2,29,36)/t15-,17-,22?,28-/m0/s1. The van der Waals surface area contributed by atoms with Crippen LogP contribution < -0.4 is 5.73 Å². The first-order chi connectivity index (χ1) is 17.4. The van der Waals surface area contributed by atoms with Crippen molar-refractivity contribution in [2.24, 2.45) is 23.5 Å². The third-order valence-electron chi connectivity index (χ3n) is 8.68. The smallest absolute Gasteiger partial charge is 0.255 e. The molecular formula is C28H36N2O7. The molecule has 37 heavy (non-hydrogen) atoms. The third-order valence-corrected chi connectivity index (χ3v) is 8.68. The zero-order chi connectivity index (χ0) is 27.4. The molecule has 1 aromatic rings. The number of aromatic hydroxyl groups is 1. The molecule has 0 radical (unpaired) electrons. The molecule has 0 bridgehead atoms. The van der Waals surface area contributed by atoms with Gasteiger partial charge in [0.05, 0.1) is 11.6 Å². The minimum atomic E-state index is -2.62. The molecule has 200 valence electrons. The minimum Gasteiger partial charge on any atom is -0.508 e. The molecule has 9 heteroatoms. The molecule has 1 saturated carbocycles. The first-order valence-electron chi connectivity index (χ1n) is 12.9. The highest BCUT2D eigenvalue weighted by atomic mass is 16.3. The summed E-state index contributed by atoms with van der Waals surface area (Å²) in [6, 6.07) is 2.25. The monoisotopic (exact) mass is 512 g/mol. The topological polar surface area (TPSA) is 161 Å². The van der Waals surface area contributed by atoms with E-state index < -0.39 is 58.0 Å². The van der Waals surface area contributed by atoms with Crippen LogP contribution in [0.2, 0.25) is 0 Å². The van der Waals surface area contributed by atoms with Crippen LogP contribution in [0.3, 0.4) is 0 Å². The van der Waals surface area contributed by atoms with Gasteiger partial charge in [-0.05, 0) is 68.8 Å². The van der Waals surface area contributed by atoms with E-state index in [1.807, 2.05) is 6.07 Å². The molecule has 1 fully saturated rings. The Kier molecular flexibility index (Phi) is 6.98. The number of benzene rings is 1. The van der Waals surface area contributed by atoms with Crippen molar-refractivity contribution in [1.29, 1.82) is 0 Å². The quantitative estimate of drug-likeness (QED) is 0.348. The molecule has 0 heterocycles. The highest BCUT2D eigenvalue weighted by molar-refractivity contribution is 6.24. The van der Waals surface area contributed by atoms with E-state index in [9.17, 15) is 34.8 Å². The van der Waals surface area contributed by atoms with Crippen molar-refractivity contribution in [3.8, 4) is 5.75 Å². The number of aliphatic hydroxyl groups excluding tert-OH is 2. The van der Waals surface area contributed by atoms with Gasteiger partial charge in [-0.25, -0.2) is 0 Å².